The Hall–Kier alpha value is -3.93. The zero-order valence-electron chi connectivity index (χ0n) is 40.5. The van der Waals surface area contributed by atoms with Crippen LogP contribution in [0.5, 0.6) is 0 Å². The van der Waals surface area contributed by atoms with Crippen molar-refractivity contribution in [3.05, 3.63) is 109 Å². The fourth-order valence-corrected chi connectivity index (χ4v) is 6.48. The van der Waals surface area contributed by atoms with Crippen molar-refractivity contribution in [2.75, 3.05) is 13.2 Å². The molecular weight excluding hydrogens is 781 g/mol. The number of ether oxygens (including phenoxy) is 3. The highest BCUT2D eigenvalue weighted by Crippen LogP contribution is 2.13. The van der Waals surface area contributed by atoms with Gasteiger partial charge >= 0.3 is 17.9 Å². The first kappa shape index (κ1) is 59.1. The summed E-state index contributed by atoms with van der Waals surface area (Å²) in [5.41, 5.74) is 0. The predicted octanol–water partition coefficient (Wildman–Crippen LogP) is 16.8. The van der Waals surface area contributed by atoms with Gasteiger partial charge in [0, 0.05) is 19.3 Å². The van der Waals surface area contributed by atoms with Gasteiger partial charge < -0.3 is 14.2 Å². The molecule has 0 saturated carbocycles. The third kappa shape index (κ3) is 49.0. The van der Waals surface area contributed by atoms with E-state index in [2.05, 4.69) is 130 Å². The Bertz CT molecular complexity index is 1330. The van der Waals surface area contributed by atoms with Gasteiger partial charge in [-0.1, -0.05) is 188 Å². The van der Waals surface area contributed by atoms with E-state index in [1.165, 1.54) is 32.1 Å². The van der Waals surface area contributed by atoms with Crippen molar-refractivity contribution in [2.24, 2.45) is 0 Å². The molecule has 6 nitrogen and oxygen atoms in total. The molecule has 0 aromatic heterocycles. The molecule has 0 fully saturated rings. The standard InChI is InChI=1S/C57H92O6/c1-4-7-10-13-16-19-22-25-27-28-30-32-35-38-41-44-47-50-56(59)62-53-54(52-61-55(58)49-46-43-40-37-34-31-24-21-18-15-12-9-6-3)63-57(60)51-48-45-42-39-36-33-29-26-23-20-17-14-11-8-5-2/h7-8,10-12,15-17,19-21,24-27,29,36,39,54H,4-6,9,13-14,18,22-23,28,30-35,37-38,40-53H2,1-3H3/b10-7-,11-8-,15-12-,19-16-,20-17-,24-21-,27-25-,29-26-,39-36-. The van der Waals surface area contributed by atoms with Crippen molar-refractivity contribution >= 4 is 17.9 Å². The lowest BCUT2D eigenvalue weighted by Crippen LogP contribution is -2.30. The Morgan fingerprint density at radius 1 is 0.333 bits per heavy atom. The van der Waals surface area contributed by atoms with Crippen molar-refractivity contribution in [3.63, 3.8) is 0 Å². The molecule has 356 valence electrons. The Morgan fingerprint density at radius 2 is 0.619 bits per heavy atom. The van der Waals surface area contributed by atoms with Crippen LogP contribution in [0.25, 0.3) is 0 Å². The van der Waals surface area contributed by atoms with Gasteiger partial charge in [0.25, 0.3) is 0 Å². The summed E-state index contributed by atoms with van der Waals surface area (Å²) >= 11 is 0. The van der Waals surface area contributed by atoms with Crippen LogP contribution in [0, 0.1) is 0 Å². The number of esters is 3. The number of hydrogen-bond donors (Lipinski definition) is 0. The van der Waals surface area contributed by atoms with E-state index in [9.17, 15) is 14.4 Å². The summed E-state index contributed by atoms with van der Waals surface area (Å²) in [5.74, 6) is -0.979. The molecule has 1 unspecified atom stereocenters. The van der Waals surface area contributed by atoms with Gasteiger partial charge in [-0.05, 0) is 116 Å². The SMILES string of the molecule is CC/C=C\C/C=C\C/C=C\C/C=C\CCCCC(=O)OC(COC(=O)CCCCCCC/C=C\C/C=C\CCC)COC(=O)CCCCCCCCC/C=C\C/C=C\C/C=C\CC. The molecule has 0 aliphatic carbocycles. The van der Waals surface area contributed by atoms with E-state index in [-0.39, 0.29) is 37.5 Å². The number of unbranched alkanes of at least 4 members (excludes halogenated alkanes) is 15. The maximum absolute atomic E-state index is 12.8. The van der Waals surface area contributed by atoms with Gasteiger partial charge in [0.15, 0.2) is 6.10 Å². The van der Waals surface area contributed by atoms with Gasteiger partial charge in [0.1, 0.15) is 13.2 Å². The molecule has 0 aromatic carbocycles. The molecule has 0 N–H and O–H groups in total. The number of allylic oxidation sites excluding steroid dienone is 18. The quantitative estimate of drug-likeness (QED) is 0.0263. The second-order valence-electron chi connectivity index (χ2n) is 16.3. The van der Waals surface area contributed by atoms with E-state index in [1.807, 2.05) is 0 Å². The van der Waals surface area contributed by atoms with Crippen LogP contribution in [0.3, 0.4) is 0 Å². The zero-order chi connectivity index (χ0) is 45.8. The highest BCUT2D eigenvalue weighted by atomic mass is 16.6. The molecule has 0 heterocycles. The lowest BCUT2D eigenvalue weighted by molar-refractivity contribution is -0.167. The largest absolute Gasteiger partial charge is 0.462 e. The van der Waals surface area contributed by atoms with Gasteiger partial charge in [-0.15, -0.1) is 0 Å². The lowest BCUT2D eigenvalue weighted by Gasteiger charge is -2.18. The molecule has 0 aliphatic heterocycles. The molecule has 1 atom stereocenters. The molecule has 0 rings (SSSR count). The Labute approximate surface area is 387 Å². The van der Waals surface area contributed by atoms with Crippen molar-refractivity contribution in [3.8, 4) is 0 Å². The van der Waals surface area contributed by atoms with Crippen LogP contribution in [0.4, 0.5) is 0 Å². The molecule has 0 bridgehead atoms. The van der Waals surface area contributed by atoms with E-state index in [0.717, 1.165) is 135 Å². The molecule has 0 radical (unpaired) electrons. The number of hydrogen-bond acceptors (Lipinski definition) is 6. The van der Waals surface area contributed by atoms with Crippen LogP contribution in [0.15, 0.2) is 109 Å². The van der Waals surface area contributed by atoms with Crippen LogP contribution in [-0.2, 0) is 28.6 Å². The molecule has 0 amide bonds. The molecular formula is C57H92O6. The third-order valence-electron chi connectivity index (χ3n) is 10.2. The molecule has 0 saturated heterocycles. The van der Waals surface area contributed by atoms with Gasteiger partial charge in [0.2, 0.25) is 0 Å². The lowest BCUT2D eigenvalue weighted by atomic mass is 10.1. The number of rotatable bonds is 44. The van der Waals surface area contributed by atoms with Crippen LogP contribution in [0.2, 0.25) is 0 Å². The zero-order valence-corrected chi connectivity index (χ0v) is 40.5. The summed E-state index contributed by atoms with van der Waals surface area (Å²) in [5, 5.41) is 0. The molecule has 0 spiro atoms. The number of carbonyl (C=O) groups excluding carboxylic acids is 3. The minimum Gasteiger partial charge on any atom is -0.462 e. The monoisotopic (exact) mass is 873 g/mol. The summed E-state index contributed by atoms with van der Waals surface area (Å²) in [7, 11) is 0. The maximum atomic E-state index is 12.8. The topological polar surface area (TPSA) is 78.9 Å². The first-order valence-corrected chi connectivity index (χ1v) is 25.4. The van der Waals surface area contributed by atoms with Crippen molar-refractivity contribution in [1.82, 2.24) is 0 Å². The van der Waals surface area contributed by atoms with Crippen molar-refractivity contribution < 1.29 is 28.6 Å². The smallest absolute Gasteiger partial charge is 0.306 e. The summed E-state index contributed by atoms with van der Waals surface area (Å²) in [6.45, 7) is 6.28. The second kappa shape index (κ2) is 50.7. The Balaban J connectivity index is 4.50. The predicted molar refractivity (Wildman–Crippen MR) is 270 cm³/mol. The summed E-state index contributed by atoms with van der Waals surface area (Å²) in [4.78, 5) is 38.0. The Morgan fingerprint density at radius 3 is 1.00 bits per heavy atom. The highest BCUT2D eigenvalue weighted by molar-refractivity contribution is 5.71. The molecule has 0 aliphatic rings. The van der Waals surface area contributed by atoms with E-state index < -0.39 is 6.10 Å². The normalized spacial score (nSPS) is 13.0. The van der Waals surface area contributed by atoms with Crippen LogP contribution in [-0.4, -0.2) is 37.2 Å². The minimum atomic E-state index is -0.811. The summed E-state index contributed by atoms with van der Waals surface area (Å²) in [6.07, 6.45) is 67.8. The molecule has 0 aromatic rings. The molecule has 63 heavy (non-hydrogen) atoms. The van der Waals surface area contributed by atoms with Gasteiger partial charge in [0.05, 0.1) is 0 Å². The van der Waals surface area contributed by atoms with Crippen molar-refractivity contribution in [2.45, 2.75) is 219 Å². The molecule has 6 heteroatoms. The average Bonchev–Trinajstić information content (AvgIpc) is 3.28. The fraction of sp³-hybridized carbons (Fsp3) is 0.632. The summed E-state index contributed by atoms with van der Waals surface area (Å²) in [6, 6.07) is 0. The fourth-order valence-electron chi connectivity index (χ4n) is 6.48. The average molecular weight is 873 g/mol. The van der Waals surface area contributed by atoms with Crippen molar-refractivity contribution in [1.29, 1.82) is 0 Å². The second-order valence-corrected chi connectivity index (χ2v) is 16.3. The maximum Gasteiger partial charge on any atom is 0.306 e. The van der Waals surface area contributed by atoms with Gasteiger partial charge in [-0.25, -0.2) is 0 Å². The highest BCUT2D eigenvalue weighted by Gasteiger charge is 2.19. The summed E-state index contributed by atoms with van der Waals surface area (Å²) < 4.78 is 16.7. The Kier molecular flexibility index (Phi) is 47.5. The first-order valence-electron chi connectivity index (χ1n) is 25.4. The van der Waals surface area contributed by atoms with E-state index in [1.54, 1.807) is 0 Å². The van der Waals surface area contributed by atoms with E-state index in [0.29, 0.717) is 19.3 Å². The van der Waals surface area contributed by atoms with Crippen LogP contribution >= 0.6 is 0 Å². The number of carbonyl (C=O) groups is 3. The van der Waals surface area contributed by atoms with Crippen LogP contribution < -0.4 is 0 Å². The van der Waals surface area contributed by atoms with E-state index in [4.69, 9.17) is 14.2 Å². The van der Waals surface area contributed by atoms with Gasteiger partial charge in [-0.3, -0.25) is 14.4 Å². The van der Waals surface area contributed by atoms with Gasteiger partial charge in [-0.2, -0.15) is 0 Å². The first-order chi connectivity index (χ1) is 31.0. The third-order valence-corrected chi connectivity index (χ3v) is 10.2. The van der Waals surface area contributed by atoms with E-state index >= 15 is 0 Å². The van der Waals surface area contributed by atoms with Crippen LogP contribution in [0.1, 0.15) is 213 Å². The minimum absolute atomic E-state index is 0.107.